The summed E-state index contributed by atoms with van der Waals surface area (Å²) in [6.07, 6.45) is 0. The van der Waals surface area contributed by atoms with Gasteiger partial charge < -0.3 is 19.6 Å². The number of carboxylic acid groups (broad SMARTS) is 1. The van der Waals surface area contributed by atoms with Crippen molar-refractivity contribution in [2.75, 3.05) is 14.2 Å². The zero-order valence-electron chi connectivity index (χ0n) is 10.8. The minimum atomic E-state index is -1.27. The average molecular weight is 276 g/mol. The van der Waals surface area contributed by atoms with Crippen LogP contribution in [0.2, 0.25) is 0 Å². The summed E-state index contributed by atoms with van der Waals surface area (Å²) in [5.41, 5.74) is -0.416. The summed E-state index contributed by atoms with van der Waals surface area (Å²) >= 11 is 0. The zero-order chi connectivity index (χ0) is 14.7. The van der Waals surface area contributed by atoms with Crippen molar-refractivity contribution in [3.8, 4) is 22.9 Å². The van der Waals surface area contributed by atoms with Crippen molar-refractivity contribution in [1.82, 2.24) is 9.97 Å². The fourth-order valence-electron chi connectivity index (χ4n) is 1.69. The number of aromatic nitrogens is 2. The van der Waals surface area contributed by atoms with Crippen LogP contribution >= 0.6 is 0 Å². The molecule has 1 heterocycles. The molecular weight excluding hydrogens is 264 g/mol. The summed E-state index contributed by atoms with van der Waals surface area (Å²) in [5.74, 6) is -0.170. The molecule has 0 aliphatic carbocycles. The van der Waals surface area contributed by atoms with Crippen molar-refractivity contribution in [1.29, 1.82) is 0 Å². The fraction of sp³-hybridized carbons (Fsp3) is 0.154. The molecule has 7 heteroatoms. The van der Waals surface area contributed by atoms with E-state index in [0.29, 0.717) is 17.1 Å². The number of H-pyrrole nitrogens is 1. The van der Waals surface area contributed by atoms with Gasteiger partial charge in [-0.25, -0.2) is 9.78 Å². The van der Waals surface area contributed by atoms with Crippen LogP contribution in [0.25, 0.3) is 11.4 Å². The van der Waals surface area contributed by atoms with E-state index in [1.54, 1.807) is 18.2 Å². The molecule has 2 N–H and O–H groups in total. The molecule has 0 saturated heterocycles. The van der Waals surface area contributed by atoms with Crippen molar-refractivity contribution in [3.05, 3.63) is 40.3 Å². The number of carboxylic acids is 1. The Hall–Kier alpha value is -2.83. The lowest BCUT2D eigenvalue weighted by molar-refractivity contribution is 0.0690. The van der Waals surface area contributed by atoms with Crippen molar-refractivity contribution in [3.63, 3.8) is 0 Å². The largest absolute Gasteiger partial charge is 0.497 e. The van der Waals surface area contributed by atoms with Crippen LogP contribution in [0.1, 0.15) is 10.5 Å². The van der Waals surface area contributed by atoms with E-state index in [4.69, 9.17) is 14.6 Å². The average Bonchev–Trinajstić information content (AvgIpc) is 2.45. The maximum atomic E-state index is 11.5. The van der Waals surface area contributed by atoms with Gasteiger partial charge >= 0.3 is 5.97 Å². The van der Waals surface area contributed by atoms with Gasteiger partial charge in [-0.05, 0) is 12.1 Å². The Balaban J connectivity index is 2.61. The monoisotopic (exact) mass is 276 g/mol. The molecule has 2 aromatic rings. The lowest BCUT2D eigenvalue weighted by Crippen LogP contribution is -2.13. The highest BCUT2D eigenvalue weighted by Crippen LogP contribution is 2.30. The molecule has 0 amide bonds. The number of hydrogen-bond acceptors (Lipinski definition) is 5. The quantitative estimate of drug-likeness (QED) is 0.868. The summed E-state index contributed by atoms with van der Waals surface area (Å²) in [6, 6.07) is 5.82. The second-order valence-electron chi connectivity index (χ2n) is 3.85. The Kier molecular flexibility index (Phi) is 3.69. The van der Waals surface area contributed by atoms with E-state index in [1.165, 1.54) is 14.2 Å². The molecule has 0 unspecified atom stereocenters. The summed E-state index contributed by atoms with van der Waals surface area (Å²) in [4.78, 5) is 28.8. The molecule has 20 heavy (non-hydrogen) atoms. The minimum Gasteiger partial charge on any atom is -0.497 e. The van der Waals surface area contributed by atoms with Crippen LogP contribution < -0.4 is 15.0 Å². The number of rotatable bonds is 4. The predicted molar refractivity (Wildman–Crippen MR) is 70.4 cm³/mol. The molecule has 0 spiro atoms. The van der Waals surface area contributed by atoms with Gasteiger partial charge in [0, 0.05) is 12.1 Å². The number of ether oxygens (including phenoxy) is 2. The Labute approximate surface area is 113 Å². The third kappa shape index (κ3) is 2.61. The van der Waals surface area contributed by atoms with E-state index in [9.17, 15) is 9.59 Å². The van der Waals surface area contributed by atoms with Crippen molar-refractivity contribution in [2.45, 2.75) is 0 Å². The van der Waals surface area contributed by atoms with E-state index >= 15 is 0 Å². The third-order valence-electron chi connectivity index (χ3n) is 2.62. The van der Waals surface area contributed by atoms with E-state index in [-0.39, 0.29) is 11.5 Å². The smallest absolute Gasteiger partial charge is 0.354 e. The molecule has 0 saturated carbocycles. The second-order valence-corrected chi connectivity index (χ2v) is 3.85. The lowest BCUT2D eigenvalue weighted by Gasteiger charge is -2.09. The molecule has 2 rings (SSSR count). The van der Waals surface area contributed by atoms with Crippen LogP contribution in [-0.4, -0.2) is 35.3 Å². The molecule has 0 atom stereocenters. The van der Waals surface area contributed by atoms with Crippen molar-refractivity contribution >= 4 is 5.97 Å². The van der Waals surface area contributed by atoms with Crippen LogP contribution in [0.5, 0.6) is 11.5 Å². The highest BCUT2D eigenvalue weighted by Gasteiger charge is 2.13. The van der Waals surface area contributed by atoms with Gasteiger partial charge in [-0.15, -0.1) is 0 Å². The number of carbonyl (C=O) groups is 1. The molecule has 7 nitrogen and oxygen atoms in total. The number of aromatic carboxylic acids is 1. The van der Waals surface area contributed by atoms with Gasteiger partial charge in [0.1, 0.15) is 17.3 Å². The standard InChI is InChI=1S/C13H12N2O5/c1-19-7-3-4-8(10(5-7)20-2)12-14-9(13(17)18)6-11(16)15-12/h3-6H,1-2H3,(H,17,18)(H,14,15,16). The Morgan fingerprint density at radius 2 is 2.00 bits per heavy atom. The molecule has 1 aromatic heterocycles. The van der Waals surface area contributed by atoms with Gasteiger partial charge in [-0.1, -0.05) is 0 Å². The van der Waals surface area contributed by atoms with Crippen molar-refractivity contribution < 1.29 is 19.4 Å². The molecule has 0 radical (unpaired) electrons. The van der Waals surface area contributed by atoms with Crippen LogP contribution in [0.15, 0.2) is 29.1 Å². The number of methoxy groups -OCH3 is 2. The first-order chi connectivity index (χ1) is 9.55. The van der Waals surface area contributed by atoms with Crippen LogP contribution in [0.3, 0.4) is 0 Å². The highest BCUT2D eigenvalue weighted by atomic mass is 16.5. The van der Waals surface area contributed by atoms with E-state index in [0.717, 1.165) is 6.07 Å². The van der Waals surface area contributed by atoms with Crippen molar-refractivity contribution in [2.24, 2.45) is 0 Å². The van der Waals surface area contributed by atoms with Gasteiger partial charge in [-0.2, -0.15) is 0 Å². The topological polar surface area (TPSA) is 102 Å². The normalized spacial score (nSPS) is 10.1. The van der Waals surface area contributed by atoms with Crippen LogP contribution in [-0.2, 0) is 0 Å². The number of nitrogens with one attached hydrogen (secondary N) is 1. The number of hydrogen-bond donors (Lipinski definition) is 2. The van der Waals surface area contributed by atoms with E-state index < -0.39 is 11.5 Å². The first-order valence-electron chi connectivity index (χ1n) is 5.62. The third-order valence-corrected chi connectivity index (χ3v) is 2.62. The van der Waals surface area contributed by atoms with Gasteiger partial charge in [0.05, 0.1) is 19.8 Å². The van der Waals surface area contributed by atoms with E-state index in [2.05, 4.69) is 9.97 Å². The number of aromatic amines is 1. The van der Waals surface area contributed by atoms with Gasteiger partial charge in [0.15, 0.2) is 5.69 Å². The molecule has 0 aliphatic rings. The first kappa shape index (κ1) is 13.6. The summed E-state index contributed by atoms with van der Waals surface area (Å²) in [6.45, 7) is 0. The molecular formula is C13H12N2O5. The first-order valence-corrected chi connectivity index (χ1v) is 5.62. The van der Waals surface area contributed by atoms with Gasteiger partial charge in [-0.3, -0.25) is 4.79 Å². The lowest BCUT2D eigenvalue weighted by atomic mass is 10.1. The minimum absolute atomic E-state index is 0.120. The maximum Gasteiger partial charge on any atom is 0.354 e. The SMILES string of the molecule is COc1ccc(-c2nc(C(=O)O)cc(=O)[nH]2)c(OC)c1. The highest BCUT2D eigenvalue weighted by molar-refractivity contribution is 5.85. The number of nitrogens with zero attached hydrogens (tertiary/aromatic N) is 1. The van der Waals surface area contributed by atoms with Crippen LogP contribution in [0.4, 0.5) is 0 Å². The summed E-state index contributed by atoms with van der Waals surface area (Å²) < 4.78 is 10.3. The maximum absolute atomic E-state index is 11.5. The second kappa shape index (κ2) is 5.43. The van der Waals surface area contributed by atoms with Gasteiger partial charge in [0.25, 0.3) is 5.56 Å². The Morgan fingerprint density at radius 1 is 1.25 bits per heavy atom. The summed E-state index contributed by atoms with van der Waals surface area (Å²) in [7, 11) is 2.97. The fourth-order valence-corrected chi connectivity index (χ4v) is 1.69. The number of benzene rings is 1. The van der Waals surface area contributed by atoms with E-state index in [1.807, 2.05) is 0 Å². The van der Waals surface area contributed by atoms with Gasteiger partial charge in [0.2, 0.25) is 0 Å². The Morgan fingerprint density at radius 3 is 2.60 bits per heavy atom. The molecule has 0 bridgehead atoms. The molecule has 0 aliphatic heterocycles. The molecule has 104 valence electrons. The zero-order valence-corrected chi connectivity index (χ0v) is 10.8. The Bertz CT molecular complexity index is 708. The molecule has 1 aromatic carbocycles. The predicted octanol–water partition coefficient (Wildman–Crippen LogP) is 1.15. The summed E-state index contributed by atoms with van der Waals surface area (Å²) in [5, 5.41) is 8.92. The molecule has 0 fully saturated rings. The van der Waals surface area contributed by atoms with Crippen LogP contribution in [0, 0.1) is 0 Å².